The van der Waals surface area contributed by atoms with Crippen molar-refractivity contribution in [3.8, 4) is 5.75 Å². The van der Waals surface area contributed by atoms with Crippen molar-refractivity contribution < 1.29 is 37.0 Å². The zero-order valence-corrected chi connectivity index (χ0v) is 23.0. The topological polar surface area (TPSA) is 98.7 Å². The first kappa shape index (κ1) is 29.4. The highest BCUT2D eigenvalue weighted by molar-refractivity contribution is 6.21. The number of ether oxygens (including phenoxy) is 2. The summed E-state index contributed by atoms with van der Waals surface area (Å²) in [5.41, 5.74) is 1.87. The van der Waals surface area contributed by atoms with Crippen molar-refractivity contribution in [2.75, 3.05) is 4.90 Å². The van der Waals surface area contributed by atoms with Crippen molar-refractivity contribution >= 4 is 23.5 Å². The average Bonchev–Trinajstić information content (AvgIpc) is 3.19. The summed E-state index contributed by atoms with van der Waals surface area (Å²) < 4.78 is 47.9. The third-order valence-corrected chi connectivity index (χ3v) is 6.41. The van der Waals surface area contributed by atoms with Crippen LogP contribution in [0.4, 0.5) is 19.0 Å². The number of benzene rings is 2. The Morgan fingerprint density at radius 1 is 0.902 bits per heavy atom. The number of nitrogens with zero attached hydrogens (tertiary/aromatic N) is 3. The molecule has 3 aromatic rings. The summed E-state index contributed by atoms with van der Waals surface area (Å²) in [6.45, 7) is 8.86. The molecule has 41 heavy (non-hydrogen) atoms. The first-order valence-corrected chi connectivity index (χ1v) is 12.9. The Kier molecular flexibility index (Phi) is 8.27. The second-order valence-electron chi connectivity index (χ2n) is 10.2. The highest BCUT2D eigenvalue weighted by Gasteiger charge is 2.47. The highest BCUT2D eigenvalue weighted by Crippen LogP contribution is 2.43. The normalized spacial score (nSPS) is 15.6. The monoisotopic (exact) mass is 567 g/mol. The molecule has 0 fully saturated rings. The highest BCUT2D eigenvalue weighted by atomic mass is 19.4. The van der Waals surface area contributed by atoms with Gasteiger partial charge in [0.05, 0.1) is 23.2 Å². The van der Waals surface area contributed by atoms with Gasteiger partial charge in [0.15, 0.2) is 11.6 Å². The maximum absolute atomic E-state index is 14.1. The van der Waals surface area contributed by atoms with Crippen LogP contribution in [0, 0.1) is 12.8 Å². The van der Waals surface area contributed by atoms with Crippen LogP contribution in [0.5, 0.6) is 5.75 Å². The maximum atomic E-state index is 14.1. The Bertz CT molecular complexity index is 1480. The first-order valence-electron chi connectivity index (χ1n) is 12.9. The Morgan fingerprint density at radius 3 is 2.05 bits per heavy atom. The fourth-order valence-electron chi connectivity index (χ4n) is 4.24. The number of aromatic nitrogens is 2. The molecule has 0 aliphatic carbocycles. The molecule has 2 heterocycles. The molecule has 2 aromatic carbocycles. The summed E-state index contributed by atoms with van der Waals surface area (Å²) in [5.74, 6) is -3.49. The number of alkyl halides is 3. The molecular formula is C30H28F3N3O5. The summed E-state index contributed by atoms with van der Waals surface area (Å²) in [6, 6.07) is 13.5. The standard InChI is InChI=1S/C30H28F3N3O5/c1-16(2)19-7-9-21(10-8-19)26(37)24-25(20-11-13-22(14-12-20)41-30(31,32)33)36(23-15-6-18(5)34-35-23)28(38)27(24)40-29(39)17(3)4/h6-17,25H,1-5H3. The summed E-state index contributed by atoms with van der Waals surface area (Å²) in [7, 11) is 0. The molecule has 1 aliphatic heterocycles. The summed E-state index contributed by atoms with van der Waals surface area (Å²) >= 11 is 0. The van der Waals surface area contributed by atoms with Crippen LogP contribution in [0.2, 0.25) is 0 Å². The van der Waals surface area contributed by atoms with Gasteiger partial charge in [-0.15, -0.1) is 18.3 Å². The molecule has 0 saturated heterocycles. The third-order valence-electron chi connectivity index (χ3n) is 6.41. The van der Waals surface area contributed by atoms with E-state index in [-0.39, 0.29) is 28.4 Å². The molecule has 0 bridgehead atoms. The fraction of sp³-hybridized carbons (Fsp3) is 0.300. The Morgan fingerprint density at radius 2 is 1.54 bits per heavy atom. The van der Waals surface area contributed by atoms with Gasteiger partial charge in [-0.25, -0.2) is 0 Å². The number of amides is 1. The number of esters is 1. The molecule has 8 nitrogen and oxygen atoms in total. The van der Waals surface area contributed by atoms with Gasteiger partial charge in [-0.05, 0) is 48.2 Å². The van der Waals surface area contributed by atoms with Gasteiger partial charge in [-0.2, -0.15) is 5.10 Å². The smallest absolute Gasteiger partial charge is 0.420 e. The Balaban J connectivity index is 1.90. The van der Waals surface area contributed by atoms with Gasteiger partial charge in [-0.3, -0.25) is 19.3 Å². The number of hydrogen-bond acceptors (Lipinski definition) is 7. The fourth-order valence-corrected chi connectivity index (χ4v) is 4.24. The van der Waals surface area contributed by atoms with E-state index in [1.807, 2.05) is 13.8 Å². The zero-order chi connectivity index (χ0) is 30.1. The van der Waals surface area contributed by atoms with Crippen LogP contribution in [-0.4, -0.2) is 34.2 Å². The number of carbonyl (C=O) groups is 3. The second-order valence-corrected chi connectivity index (χ2v) is 10.2. The number of Topliss-reactive ketones (excluding diaryl/α,β-unsaturated/α-hetero) is 1. The molecule has 1 atom stereocenters. The number of aryl methyl sites for hydroxylation is 1. The van der Waals surface area contributed by atoms with Crippen LogP contribution in [0.15, 0.2) is 72.0 Å². The number of halogens is 3. The third kappa shape index (κ3) is 6.45. The lowest BCUT2D eigenvalue weighted by molar-refractivity contribution is -0.274. The predicted molar refractivity (Wildman–Crippen MR) is 143 cm³/mol. The molecule has 4 rings (SSSR count). The summed E-state index contributed by atoms with van der Waals surface area (Å²) in [6.07, 6.45) is -4.91. The van der Waals surface area contributed by atoms with E-state index in [1.54, 1.807) is 51.1 Å². The molecule has 1 aromatic heterocycles. The number of carbonyl (C=O) groups excluding carboxylic acids is 3. The van der Waals surface area contributed by atoms with E-state index in [1.165, 1.54) is 18.2 Å². The lowest BCUT2D eigenvalue weighted by Gasteiger charge is -2.26. The lowest BCUT2D eigenvalue weighted by atomic mass is 9.91. The minimum atomic E-state index is -4.91. The van der Waals surface area contributed by atoms with Crippen molar-refractivity contribution in [3.05, 3.63) is 94.4 Å². The van der Waals surface area contributed by atoms with Crippen molar-refractivity contribution in [2.45, 2.75) is 52.9 Å². The molecular weight excluding hydrogens is 539 g/mol. The van der Waals surface area contributed by atoms with E-state index in [0.29, 0.717) is 5.69 Å². The molecule has 1 amide bonds. The predicted octanol–water partition coefficient (Wildman–Crippen LogP) is 6.23. The van der Waals surface area contributed by atoms with E-state index >= 15 is 0 Å². The maximum Gasteiger partial charge on any atom is 0.573 e. The largest absolute Gasteiger partial charge is 0.573 e. The first-order chi connectivity index (χ1) is 19.3. The van der Waals surface area contributed by atoms with Gasteiger partial charge in [0.1, 0.15) is 5.75 Å². The van der Waals surface area contributed by atoms with Crippen LogP contribution in [0.25, 0.3) is 0 Å². The minimum absolute atomic E-state index is 0.0530. The van der Waals surface area contributed by atoms with Gasteiger partial charge < -0.3 is 9.47 Å². The quantitative estimate of drug-likeness (QED) is 0.235. The van der Waals surface area contributed by atoms with Crippen molar-refractivity contribution in [1.29, 1.82) is 0 Å². The number of rotatable bonds is 8. The number of anilines is 1. The van der Waals surface area contributed by atoms with E-state index in [4.69, 9.17) is 4.74 Å². The van der Waals surface area contributed by atoms with Crippen molar-refractivity contribution in [1.82, 2.24) is 10.2 Å². The molecule has 0 spiro atoms. The molecule has 0 radical (unpaired) electrons. The van der Waals surface area contributed by atoms with E-state index in [0.717, 1.165) is 22.6 Å². The van der Waals surface area contributed by atoms with Crippen molar-refractivity contribution in [2.24, 2.45) is 5.92 Å². The molecule has 214 valence electrons. The number of hydrogen-bond donors (Lipinski definition) is 0. The van der Waals surface area contributed by atoms with Gasteiger partial charge >= 0.3 is 12.3 Å². The van der Waals surface area contributed by atoms with E-state index in [9.17, 15) is 27.6 Å². The van der Waals surface area contributed by atoms with Gasteiger partial charge in [0, 0.05) is 5.56 Å². The van der Waals surface area contributed by atoms with Crippen LogP contribution >= 0.6 is 0 Å². The zero-order valence-electron chi connectivity index (χ0n) is 23.0. The summed E-state index contributed by atoms with van der Waals surface area (Å²) in [4.78, 5) is 41.8. The number of ketones is 1. The SMILES string of the molecule is Cc1ccc(N2C(=O)C(OC(=O)C(C)C)=C(C(=O)c3ccc(C(C)C)cc3)C2c2ccc(OC(F)(F)F)cc2)nn1. The van der Waals surface area contributed by atoms with Gasteiger partial charge in [0.2, 0.25) is 5.76 Å². The van der Waals surface area contributed by atoms with Crippen LogP contribution < -0.4 is 9.64 Å². The van der Waals surface area contributed by atoms with Crippen molar-refractivity contribution in [3.63, 3.8) is 0 Å². The minimum Gasteiger partial charge on any atom is -0.420 e. The van der Waals surface area contributed by atoms with Gasteiger partial charge in [0.25, 0.3) is 5.91 Å². The van der Waals surface area contributed by atoms with Crippen LogP contribution in [0.1, 0.15) is 66.8 Å². The molecule has 0 saturated carbocycles. The Hall–Kier alpha value is -4.54. The summed E-state index contributed by atoms with van der Waals surface area (Å²) in [5, 5.41) is 8.11. The van der Waals surface area contributed by atoms with Gasteiger partial charge in [-0.1, -0.05) is 64.1 Å². The second kappa shape index (κ2) is 11.5. The van der Waals surface area contributed by atoms with Crippen LogP contribution in [-0.2, 0) is 14.3 Å². The van der Waals surface area contributed by atoms with E-state index < -0.39 is 47.5 Å². The molecule has 11 heteroatoms. The Labute approximate surface area is 234 Å². The molecule has 1 aliphatic rings. The average molecular weight is 568 g/mol. The molecule has 0 N–H and O–H groups in total. The van der Waals surface area contributed by atoms with Crippen LogP contribution in [0.3, 0.4) is 0 Å². The lowest BCUT2D eigenvalue weighted by Crippen LogP contribution is -2.32. The molecule has 1 unspecified atom stereocenters. The van der Waals surface area contributed by atoms with E-state index in [2.05, 4.69) is 14.9 Å².